The molecule has 3 nitrogen and oxygen atoms in total. The third kappa shape index (κ3) is 4.37. The molecule has 1 rings (SSSR count). The van der Waals surface area contributed by atoms with Gasteiger partial charge >= 0.3 is 0 Å². The Morgan fingerprint density at radius 3 is 2.53 bits per heavy atom. The minimum atomic E-state index is 0.336. The summed E-state index contributed by atoms with van der Waals surface area (Å²) in [5.74, 6) is 1.05. The first-order valence-corrected chi connectivity index (χ1v) is 7.11. The van der Waals surface area contributed by atoms with E-state index in [1.807, 2.05) is 0 Å². The maximum atomic E-state index is 5.07. The maximum absolute atomic E-state index is 5.07. The van der Waals surface area contributed by atoms with Gasteiger partial charge in [0.15, 0.2) is 0 Å². The lowest BCUT2D eigenvalue weighted by Crippen LogP contribution is -2.28. The molecule has 0 aliphatic rings. The van der Waals surface area contributed by atoms with Crippen molar-refractivity contribution >= 4 is 11.3 Å². The first kappa shape index (κ1) is 14.6. The highest BCUT2D eigenvalue weighted by molar-refractivity contribution is 7.09. The van der Waals surface area contributed by atoms with Crippen molar-refractivity contribution in [3.63, 3.8) is 0 Å². The molecule has 1 unspecified atom stereocenters. The summed E-state index contributed by atoms with van der Waals surface area (Å²) in [6.07, 6.45) is 0. The highest BCUT2D eigenvalue weighted by Gasteiger charge is 2.19. The SMILES string of the molecule is COCCNC(c1nc(C(C)C)cs1)C(C)C. The molecule has 1 atom stereocenters. The first-order valence-electron chi connectivity index (χ1n) is 6.23. The van der Waals surface area contributed by atoms with Crippen LogP contribution >= 0.6 is 11.3 Å². The van der Waals surface area contributed by atoms with Crippen LogP contribution in [0.3, 0.4) is 0 Å². The molecule has 0 bridgehead atoms. The fourth-order valence-electron chi connectivity index (χ4n) is 1.63. The summed E-state index contributed by atoms with van der Waals surface area (Å²) >= 11 is 1.76. The van der Waals surface area contributed by atoms with Crippen molar-refractivity contribution in [1.29, 1.82) is 0 Å². The summed E-state index contributed by atoms with van der Waals surface area (Å²) in [6, 6.07) is 0.336. The van der Waals surface area contributed by atoms with Gasteiger partial charge in [-0.05, 0) is 11.8 Å². The molecule has 0 saturated heterocycles. The molecular formula is C13H24N2OS. The van der Waals surface area contributed by atoms with Gasteiger partial charge in [0.05, 0.1) is 18.3 Å². The van der Waals surface area contributed by atoms with Gasteiger partial charge in [-0.25, -0.2) is 4.98 Å². The Bertz CT molecular complexity index is 323. The van der Waals surface area contributed by atoms with Crippen LogP contribution in [0.5, 0.6) is 0 Å². The molecule has 4 heteroatoms. The summed E-state index contributed by atoms with van der Waals surface area (Å²) in [7, 11) is 1.73. The van der Waals surface area contributed by atoms with Crippen LogP contribution in [0.4, 0.5) is 0 Å². The lowest BCUT2D eigenvalue weighted by Gasteiger charge is -2.20. The largest absolute Gasteiger partial charge is 0.383 e. The van der Waals surface area contributed by atoms with Crippen LogP contribution in [0.25, 0.3) is 0 Å². The van der Waals surface area contributed by atoms with Crippen LogP contribution in [-0.2, 0) is 4.74 Å². The molecule has 0 aliphatic heterocycles. The predicted octanol–water partition coefficient (Wildman–Crippen LogP) is 3.20. The van der Waals surface area contributed by atoms with Crippen LogP contribution in [0.1, 0.15) is 50.4 Å². The van der Waals surface area contributed by atoms with Gasteiger partial charge in [0.2, 0.25) is 0 Å². The summed E-state index contributed by atoms with van der Waals surface area (Å²) in [4.78, 5) is 4.73. The van der Waals surface area contributed by atoms with Crippen molar-refractivity contribution in [2.75, 3.05) is 20.3 Å². The van der Waals surface area contributed by atoms with Gasteiger partial charge in [0.25, 0.3) is 0 Å². The molecule has 0 radical (unpaired) electrons. The van der Waals surface area contributed by atoms with Crippen LogP contribution in [0.2, 0.25) is 0 Å². The normalized spacial score (nSPS) is 13.6. The first-order chi connectivity index (χ1) is 8.06. The Balaban J connectivity index is 2.68. The van der Waals surface area contributed by atoms with Gasteiger partial charge in [-0.15, -0.1) is 11.3 Å². The van der Waals surface area contributed by atoms with E-state index < -0.39 is 0 Å². The second kappa shape index (κ2) is 7.09. The third-order valence-electron chi connectivity index (χ3n) is 2.73. The van der Waals surface area contributed by atoms with Crippen molar-refractivity contribution in [2.45, 2.75) is 39.7 Å². The molecule has 0 amide bonds. The topological polar surface area (TPSA) is 34.1 Å². The zero-order valence-corrected chi connectivity index (χ0v) is 12.3. The molecule has 0 aliphatic carbocycles. The lowest BCUT2D eigenvalue weighted by atomic mass is 10.1. The maximum Gasteiger partial charge on any atom is 0.110 e. The Hall–Kier alpha value is -0.450. The van der Waals surface area contributed by atoms with Crippen molar-refractivity contribution in [3.05, 3.63) is 16.1 Å². The van der Waals surface area contributed by atoms with Gasteiger partial charge in [0.1, 0.15) is 5.01 Å². The second-order valence-electron chi connectivity index (χ2n) is 4.93. The molecule has 0 saturated carbocycles. The van der Waals surface area contributed by atoms with Crippen LogP contribution < -0.4 is 5.32 Å². The van der Waals surface area contributed by atoms with Crippen molar-refractivity contribution in [1.82, 2.24) is 10.3 Å². The Labute approximate surface area is 109 Å². The molecule has 0 fully saturated rings. The minimum absolute atomic E-state index is 0.336. The smallest absolute Gasteiger partial charge is 0.110 e. The quantitative estimate of drug-likeness (QED) is 0.761. The summed E-state index contributed by atoms with van der Waals surface area (Å²) in [6.45, 7) is 10.4. The lowest BCUT2D eigenvalue weighted by molar-refractivity contribution is 0.192. The van der Waals surface area contributed by atoms with E-state index in [1.54, 1.807) is 18.4 Å². The van der Waals surface area contributed by atoms with E-state index in [-0.39, 0.29) is 0 Å². The van der Waals surface area contributed by atoms with Gasteiger partial charge in [-0.2, -0.15) is 0 Å². The zero-order chi connectivity index (χ0) is 12.8. The average Bonchev–Trinajstić information content (AvgIpc) is 2.73. The van der Waals surface area contributed by atoms with Gasteiger partial charge in [-0.1, -0.05) is 27.7 Å². The predicted molar refractivity (Wildman–Crippen MR) is 73.7 cm³/mol. The van der Waals surface area contributed by atoms with Crippen molar-refractivity contribution in [3.8, 4) is 0 Å². The Morgan fingerprint density at radius 2 is 2.06 bits per heavy atom. The number of nitrogens with one attached hydrogen (secondary N) is 1. The number of hydrogen-bond donors (Lipinski definition) is 1. The van der Waals surface area contributed by atoms with Crippen molar-refractivity contribution in [2.24, 2.45) is 5.92 Å². The zero-order valence-electron chi connectivity index (χ0n) is 11.5. The van der Waals surface area contributed by atoms with E-state index in [1.165, 1.54) is 10.7 Å². The van der Waals surface area contributed by atoms with E-state index in [4.69, 9.17) is 9.72 Å². The van der Waals surface area contributed by atoms with Crippen LogP contribution in [0, 0.1) is 5.92 Å². The minimum Gasteiger partial charge on any atom is -0.383 e. The number of thiazole rings is 1. The Kier molecular flexibility index (Phi) is 6.09. The van der Waals surface area contributed by atoms with Crippen LogP contribution in [0.15, 0.2) is 5.38 Å². The number of aromatic nitrogens is 1. The molecule has 17 heavy (non-hydrogen) atoms. The number of ether oxygens (including phenoxy) is 1. The van der Waals surface area contributed by atoms with Crippen molar-refractivity contribution < 1.29 is 4.74 Å². The number of nitrogens with zero attached hydrogens (tertiary/aromatic N) is 1. The molecule has 0 aromatic carbocycles. The molecule has 98 valence electrons. The van der Waals surface area contributed by atoms with E-state index in [0.717, 1.165) is 13.2 Å². The number of rotatable bonds is 7. The van der Waals surface area contributed by atoms with E-state index in [2.05, 4.69) is 38.4 Å². The molecule has 1 heterocycles. The standard InChI is InChI=1S/C13H24N2OS/c1-9(2)11-8-17-13(15-11)12(10(3)4)14-6-7-16-5/h8-10,12,14H,6-7H2,1-5H3. The van der Waals surface area contributed by atoms with E-state index in [9.17, 15) is 0 Å². The van der Waals surface area contributed by atoms with Gasteiger partial charge in [-0.3, -0.25) is 0 Å². The summed E-state index contributed by atoms with van der Waals surface area (Å²) in [5, 5.41) is 6.88. The van der Waals surface area contributed by atoms with Gasteiger partial charge in [0, 0.05) is 19.0 Å². The Morgan fingerprint density at radius 1 is 1.35 bits per heavy atom. The average molecular weight is 256 g/mol. The fraction of sp³-hybridized carbons (Fsp3) is 0.769. The van der Waals surface area contributed by atoms with E-state index >= 15 is 0 Å². The summed E-state index contributed by atoms with van der Waals surface area (Å²) < 4.78 is 5.07. The van der Waals surface area contributed by atoms with E-state index in [0.29, 0.717) is 17.9 Å². The monoisotopic (exact) mass is 256 g/mol. The molecule has 0 spiro atoms. The number of methoxy groups -OCH3 is 1. The molecular weight excluding hydrogens is 232 g/mol. The highest BCUT2D eigenvalue weighted by Crippen LogP contribution is 2.27. The van der Waals surface area contributed by atoms with Crippen LogP contribution in [-0.4, -0.2) is 25.2 Å². The second-order valence-corrected chi connectivity index (χ2v) is 5.82. The molecule has 1 aromatic rings. The fourth-order valence-corrected chi connectivity index (χ4v) is 2.86. The van der Waals surface area contributed by atoms with Gasteiger partial charge < -0.3 is 10.1 Å². The third-order valence-corrected chi connectivity index (χ3v) is 3.68. The molecule has 1 N–H and O–H groups in total. The highest BCUT2D eigenvalue weighted by atomic mass is 32.1. The molecule has 1 aromatic heterocycles. The number of hydrogen-bond acceptors (Lipinski definition) is 4. The summed E-state index contributed by atoms with van der Waals surface area (Å²) in [5.41, 5.74) is 1.20.